The van der Waals surface area contributed by atoms with Crippen LogP contribution in [0.1, 0.15) is 19.6 Å². The molecule has 0 N–H and O–H groups in total. The first-order valence-corrected chi connectivity index (χ1v) is 5.63. The highest BCUT2D eigenvalue weighted by Gasteiger charge is 2.16. The van der Waals surface area contributed by atoms with Crippen molar-refractivity contribution in [3.63, 3.8) is 0 Å². The highest BCUT2D eigenvalue weighted by molar-refractivity contribution is 5.87. The summed E-state index contributed by atoms with van der Waals surface area (Å²) in [5, 5.41) is 1.000. The molecule has 2 aromatic rings. The van der Waals surface area contributed by atoms with Crippen LogP contribution in [0.25, 0.3) is 11.0 Å². The Morgan fingerprint density at radius 3 is 2.62 bits per heavy atom. The summed E-state index contributed by atoms with van der Waals surface area (Å²) >= 11 is 0. The van der Waals surface area contributed by atoms with E-state index in [1.165, 1.54) is 0 Å². The number of ether oxygens (including phenoxy) is 2. The van der Waals surface area contributed by atoms with Crippen molar-refractivity contribution >= 4 is 11.0 Å². The zero-order valence-electron chi connectivity index (χ0n) is 9.87. The lowest BCUT2D eigenvalue weighted by Crippen LogP contribution is -2.15. The molecule has 1 aromatic carbocycles. The van der Waals surface area contributed by atoms with E-state index >= 15 is 0 Å². The van der Waals surface area contributed by atoms with Gasteiger partial charge in [0.2, 0.25) is 0 Å². The van der Waals surface area contributed by atoms with Crippen molar-refractivity contribution in [3.8, 4) is 11.5 Å². The van der Waals surface area contributed by atoms with E-state index < -0.39 is 0 Å². The molecule has 0 saturated carbocycles. The lowest BCUT2D eigenvalue weighted by atomic mass is 10.2. The van der Waals surface area contributed by atoms with Gasteiger partial charge >= 0.3 is 0 Å². The van der Waals surface area contributed by atoms with Crippen LogP contribution in [0.3, 0.4) is 0 Å². The molecule has 0 radical (unpaired) electrons. The molecule has 16 heavy (non-hydrogen) atoms. The summed E-state index contributed by atoms with van der Waals surface area (Å²) in [6.45, 7) is 7.15. The van der Waals surface area contributed by atoms with Crippen molar-refractivity contribution in [1.29, 1.82) is 0 Å². The Balaban J connectivity index is 0.000000457. The van der Waals surface area contributed by atoms with Gasteiger partial charge in [-0.05, 0) is 25.1 Å². The third-order valence-electron chi connectivity index (χ3n) is 2.33. The number of rotatable bonds is 0. The number of hydrogen-bond donors (Lipinski definition) is 0. The number of aryl methyl sites for hydroxylation is 1. The second-order valence-electron chi connectivity index (χ2n) is 3.36. The largest absolute Gasteiger partial charge is 0.486 e. The third-order valence-corrected chi connectivity index (χ3v) is 2.33. The van der Waals surface area contributed by atoms with Crippen LogP contribution in [0.15, 0.2) is 22.6 Å². The van der Waals surface area contributed by atoms with Gasteiger partial charge in [0.25, 0.3) is 0 Å². The Kier molecular flexibility index (Phi) is 3.04. The zero-order valence-corrected chi connectivity index (χ0v) is 9.87. The summed E-state index contributed by atoms with van der Waals surface area (Å²) in [6.07, 6.45) is 0. The first-order chi connectivity index (χ1) is 7.84. The van der Waals surface area contributed by atoms with Crippen LogP contribution in [0, 0.1) is 6.92 Å². The van der Waals surface area contributed by atoms with E-state index in [4.69, 9.17) is 13.9 Å². The van der Waals surface area contributed by atoms with Crippen molar-refractivity contribution in [2.45, 2.75) is 20.8 Å². The maximum Gasteiger partial charge on any atom is 0.172 e. The number of benzene rings is 1. The quantitative estimate of drug-likeness (QED) is 0.680. The molecule has 0 atom stereocenters. The lowest BCUT2D eigenvalue weighted by Gasteiger charge is -2.18. The van der Waals surface area contributed by atoms with E-state index in [-0.39, 0.29) is 0 Å². The van der Waals surface area contributed by atoms with Crippen LogP contribution in [-0.4, -0.2) is 13.2 Å². The molecule has 0 bridgehead atoms. The molecule has 0 aliphatic carbocycles. The second-order valence-corrected chi connectivity index (χ2v) is 3.36. The van der Waals surface area contributed by atoms with Crippen molar-refractivity contribution < 1.29 is 13.9 Å². The van der Waals surface area contributed by atoms with Gasteiger partial charge < -0.3 is 13.9 Å². The summed E-state index contributed by atoms with van der Waals surface area (Å²) in [4.78, 5) is 0. The topological polar surface area (TPSA) is 31.6 Å². The fourth-order valence-electron chi connectivity index (χ4n) is 1.75. The summed E-state index contributed by atoms with van der Waals surface area (Å²) in [6, 6.07) is 5.78. The van der Waals surface area contributed by atoms with Crippen LogP contribution in [0.2, 0.25) is 0 Å². The molecule has 3 nitrogen and oxygen atoms in total. The van der Waals surface area contributed by atoms with Crippen LogP contribution in [-0.2, 0) is 0 Å². The zero-order chi connectivity index (χ0) is 11.5. The average molecular weight is 220 g/mol. The predicted molar refractivity (Wildman–Crippen MR) is 63.3 cm³/mol. The Labute approximate surface area is 95.0 Å². The monoisotopic (exact) mass is 220 g/mol. The minimum atomic E-state index is 0.607. The maximum atomic E-state index is 5.57. The average Bonchev–Trinajstić information content (AvgIpc) is 2.72. The molecule has 3 rings (SSSR count). The number of hydrogen-bond acceptors (Lipinski definition) is 3. The summed E-state index contributed by atoms with van der Waals surface area (Å²) in [5.41, 5.74) is 0.853. The third kappa shape index (κ3) is 1.73. The molecule has 86 valence electrons. The maximum absolute atomic E-state index is 5.57. The minimum Gasteiger partial charge on any atom is -0.486 e. The molecule has 0 saturated heterocycles. The molecule has 0 fully saturated rings. The van der Waals surface area contributed by atoms with Crippen molar-refractivity contribution in [2.75, 3.05) is 13.2 Å². The molecule has 0 unspecified atom stereocenters. The van der Waals surface area contributed by atoms with Crippen molar-refractivity contribution in [2.24, 2.45) is 0 Å². The summed E-state index contributed by atoms with van der Waals surface area (Å²) in [5.74, 6) is 2.51. The number of furan rings is 1. The Hall–Kier alpha value is -1.64. The highest BCUT2D eigenvalue weighted by Crippen LogP contribution is 2.38. The Bertz CT molecular complexity index is 485. The van der Waals surface area contributed by atoms with Gasteiger partial charge in [-0.1, -0.05) is 13.8 Å². The fourth-order valence-corrected chi connectivity index (χ4v) is 1.75. The SMILES string of the molecule is CC.Cc1cc2c3c(ccc2o1)OCCO3. The minimum absolute atomic E-state index is 0.607. The fraction of sp³-hybridized carbons (Fsp3) is 0.385. The van der Waals surface area contributed by atoms with Crippen LogP contribution in [0.4, 0.5) is 0 Å². The van der Waals surface area contributed by atoms with E-state index in [9.17, 15) is 0 Å². The van der Waals surface area contributed by atoms with Gasteiger partial charge in [-0.2, -0.15) is 0 Å². The molecule has 2 heterocycles. The molecular formula is C13H16O3. The van der Waals surface area contributed by atoms with E-state index in [0.717, 1.165) is 28.2 Å². The summed E-state index contributed by atoms with van der Waals surface area (Å²) in [7, 11) is 0. The molecule has 1 aliphatic rings. The molecule has 0 amide bonds. The Morgan fingerprint density at radius 1 is 1.06 bits per heavy atom. The van der Waals surface area contributed by atoms with E-state index in [0.29, 0.717) is 13.2 Å². The smallest absolute Gasteiger partial charge is 0.172 e. The molecule has 1 aliphatic heterocycles. The first-order valence-electron chi connectivity index (χ1n) is 5.63. The highest BCUT2D eigenvalue weighted by atomic mass is 16.6. The normalized spacial score (nSPS) is 13.2. The molecule has 3 heteroatoms. The summed E-state index contributed by atoms with van der Waals surface area (Å²) < 4.78 is 16.5. The Morgan fingerprint density at radius 2 is 1.81 bits per heavy atom. The number of fused-ring (bicyclic) bond motifs is 3. The van der Waals surface area contributed by atoms with Gasteiger partial charge in [-0.3, -0.25) is 0 Å². The molecular weight excluding hydrogens is 204 g/mol. The van der Waals surface area contributed by atoms with Gasteiger partial charge in [0.1, 0.15) is 24.6 Å². The van der Waals surface area contributed by atoms with E-state index in [2.05, 4.69) is 0 Å². The van der Waals surface area contributed by atoms with Gasteiger partial charge in [-0.15, -0.1) is 0 Å². The van der Waals surface area contributed by atoms with Crippen molar-refractivity contribution in [3.05, 3.63) is 24.0 Å². The standard InChI is InChI=1S/C11H10O3.C2H6/c1-7-6-8-9(14-7)2-3-10-11(8)13-5-4-12-10;1-2/h2-3,6H,4-5H2,1H3;1-2H3. The van der Waals surface area contributed by atoms with Gasteiger partial charge in [0.15, 0.2) is 11.5 Å². The second kappa shape index (κ2) is 4.47. The predicted octanol–water partition coefficient (Wildman–Crippen LogP) is 3.54. The van der Waals surface area contributed by atoms with Gasteiger partial charge in [0.05, 0.1) is 5.39 Å². The van der Waals surface area contributed by atoms with Crippen LogP contribution in [0.5, 0.6) is 11.5 Å². The van der Waals surface area contributed by atoms with Gasteiger partial charge in [0, 0.05) is 0 Å². The van der Waals surface area contributed by atoms with E-state index in [1.807, 2.05) is 39.0 Å². The van der Waals surface area contributed by atoms with Crippen LogP contribution < -0.4 is 9.47 Å². The van der Waals surface area contributed by atoms with E-state index in [1.54, 1.807) is 0 Å². The van der Waals surface area contributed by atoms with Crippen molar-refractivity contribution in [1.82, 2.24) is 0 Å². The first kappa shape index (κ1) is 10.9. The lowest BCUT2D eigenvalue weighted by molar-refractivity contribution is 0.174. The van der Waals surface area contributed by atoms with Crippen LogP contribution >= 0.6 is 0 Å². The van der Waals surface area contributed by atoms with Gasteiger partial charge in [-0.25, -0.2) is 0 Å². The molecule has 0 spiro atoms. The molecule has 1 aromatic heterocycles.